The van der Waals surface area contributed by atoms with E-state index in [1.54, 1.807) is 26.4 Å². The van der Waals surface area contributed by atoms with Crippen molar-refractivity contribution in [1.82, 2.24) is 0 Å². The van der Waals surface area contributed by atoms with Gasteiger partial charge >= 0.3 is 0 Å². The van der Waals surface area contributed by atoms with E-state index in [4.69, 9.17) is 13.9 Å². The van der Waals surface area contributed by atoms with Gasteiger partial charge in [0.2, 0.25) is 0 Å². The van der Waals surface area contributed by atoms with Crippen molar-refractivity contribution in [1.29, 1.82) is 0 Å². The average molecular weight is 361 g/mol. The Morgan fingerprint density at radius 1 is 0.963 bits per heavy atom. The summed E-state index contributed by atoms with van der Waals surface area (Å²) in [5, 5.41) is 4.88. The standard InChI is InChI=1S/C22H19NO4/c1-25-13-14-6-5-7-15(10-14)22(24)23-18-12-20-17(11-21(18)26-2)16-8-3-4-9-19(16)27-20/h3-12H,13H2,1-2H3,(H,23,24). The first-order valence-electron chi connectivity index (χ1n) is 8.58. The number of nitrogens with one attached hydrogen (secondary N) is 1. The van der Waals surface area contributed by atoms with Crippen molar-refractivity contribution in [2.75, 3.05) is 19.5 Å². The van der Waals surface area contributed by atoms with Crippen molar-refractivity contribution >= 4 is 33.5 Å². The van der Waals surface area contributed by atoms with E-state index in [0.717, 1.165) is 21.9 Å². The Morgan fingerprint density at radius 3 is 2.63 bits per heavy atom. The third-order valence-corrected chi connectivity index (χ3v) is 4.45. The lowest BCUT2D eigenvalue weighted by molar-refractivity contribution is 0.102. The molecular formula is C22H19NO4. The molecule has 136 valence electrons. The summed E-state index contributed by atoms with van der Waals surface area (Å²) in [6.45, 7) is 0.454. The predicted molar refractivity (Wildman–Crippen MR) is 105 cm³/mol. The molecule has 3 aromatic carbocycles. The summed E-state index contributed by atoms with van der Waals surface area (Å²) in [6, 6.07) is 18.8. The fraction of sp³-hybridized carbons (Fsp3) is 0.136. The van der Waals surface area contributed by atoms with Crippen LogP contribution >= 0.6 is 0 Å². The molecule has 0 spiro atoms. The topological polar surface area (TPSA) is 60.7 Å². The van der Waals surface area contributed by atoms with E-state index in [9.17, 15) is 4.79 Å². The number of benzene rings is 3. The second kappa shape index (κ2) is 7.13. The van der Waals surface area contributed by atoms with Gasteiger partial charge in [-0.15, -0.1) is 0 Å². The molecule has 0 aliphatic heterocycles. The molecule has 27 heavy (non-hydrogen) atoms. The van der Waals surface area contributed by atoms with Gasteiger partial charge in [0, 0.05) is 29.5 Å². The number of ether oxygens (including phenoxy) is 2. The molecule has 4 aromatic rings. The van der Waals surface area contributed by atoms with Crippen LogP contribution in [0, 0.1) is 0 Å². The molecule has 0 bridgehead atoms. The van der Waals surface area contributed by atoms with Gasteiger partial charge < -0.3 is 19.2 Å². The number of fused-ring (bicyclic) bond motifs is 3. The van der Waals surface area contributed by atoms with E-state index in [0.29, 0.717) is 29.2 Å². The second-order valence-corrected chi connectivity index (χ2v) is 6.23. The summed E-state index contributed by atoms with van der Waals surface area (Å²) in [7, 11) is 3.21. The van der Waals surface area contributed by atoms with E-state index < -0.39 is 0 Å². The summed E-state index contributed by atoms with van der Waals surface area (Å²) < 4.78 is 16.5. The lowest BCUT2D eigenvalue weighted by Crippen LogP contribution is -2.13. The van der Waals surface area contributed by atoms with Gasteiger partial charge in [-0.2, -0.15) is 0 Å². The van der Waals surface area contributed by atoms with Crippen molar-refractivity contribution in [3.8, 4) is 5.75 Å². The average Bonchev–Trinajstić information content (AvgIpc) is 3.05. The molecule has 0 unspecified atom stereocenters. The van der Waals surface area contributed by atoms with Crippen LogP contribution in [0.2, 0.25) is 0 Å². The maximum Gasteiger partial charge on any atom is 0.255 e. The number of hydrogen-bond donors (Lipinski definition) is 1. The number of amides is 1. The Labute approximate surface area is 156 Å². The third kappa shape index (κ3) is 3.25. The minimum absolute atomic E-state index is 0.221. The van der Waals surface area contributed by atoms with Gasteiger partial charge in [-0.25, -0.2) is 0 Å². The number of furan rings is 1. The molecule has 1 aromatic heterocycles. The Bertz CT molecular complexity index is 1130. The molecule has 0 aliphatic carbocycles. The van der Waals surface area contributed by atoms with Gasteiger partial charge in [-0.1, -0.05) is 30.3 Å². The number of anilines is 1. The highest BCUT2D eigenvalue weighted by Crippen LogP contribution is 2.36. The van der Waals surface area contributed by atoms with Gasteiger partial charge in [-0.3, -0.25) is 4.79 Å². The highest BCUT2D eigenvalue weighted by molar-refractivity contribution is 6.10. The number of rotatable bonds is 5. The summed E-state index contributed by atoms with van der Waals surface area (Å²) >= 11 is 0. The van der Waals surface area contributed by atoms with E-state index in [-0.39, 0.29) is 5.91 Å². The molecule has 0 radical (unpaired) electrons. The Kier molecular flexibility index (Phi) is 4.52. The molecule has 0 atom stereocenters. The number of carbonyl (C=O) groups is 1. The lowest BCUT2D eigenvalue weighted by atomic mass is 10.1. The van der Waals surface area contributed by atoms with Crippen molar-refractivity contribution < 1.29 is 18.7 Å². The van der Waals surface area contributed by atoms with Crippen molar-refractivity contribution in [3.63, 3.8) is 0 Å². The van der Waals surface area contributed by atoms with Gasteiger partial charge in [0.15, 0.2) is 0 Å². The zero-order valence-electron chi connectivity index (χ0n) is 15.1. The van der Waals surface area contributed by atoms with Crippen LogP contribution in [0.1, 0.15) is 15.9 Å². The quantitative estimate of drug-likeness (QED) is 0.544. The number of para-hydroxylation sites is 1. The molecular weight excluding hydrogens is 342 g/mol. The molecule has 5 nitrogen and oxygen atoms in total. The summed E-state index contributed by atoms with van der Waals surface area (Å²) in [4.78, 5) is 12.7. The van der Waals surface area contributed by atoms with Crippen LogP contribution in [0.15, 0.2) is 65.1 Å². The minimum Gasteiger partial charge on any atom is -0.495 e. The number of carbonyl (C=O) groups excluding carboxylic acids is 1. The highest BCUT2D eigenvalue weighted by atomic mass is 16.5. The molecule has 1 heterocycles. The Morgan fingerprint density at radius 2 is 1.81 bits per heavy atom. The van der Waals surface area contributed by atoms with Gasteiger partial charge in [0.25, 0.3) is 5.91 Å². The molecule has 0 fully saturated rings. The first kappa shape index (κ1) is 17.1. The fourth-order valence-corrected chi connectivity index (χ4v) is 3.18. The SMILES string of the molecule is COCc1cccc(C(=O)Nc2cc3oc4ccccc4c3cc2OC)c1. The number of methoxy groups -OCH3 is 2. The van der Waals surface area contributed by atoms with Crippen LogP contribution in [0.3, 0.4) is 0 Å². The van der Waals surface area contributed by atoms with E-state index in [2.05, 4.69) is 5.32 Å². The normalized spacial score (nSPS) is 11.0. The zero-order chi connectivity index (χ0) is 18.8. The maximum absolute atomic E-state index is 12.7. The van der Waals surface area contributed by atoms with Crippen molar-refractivity contribution in [3.05, 3.63) is 71.8 Å². The minimum atomic E-state index is -0.221. The van der Waals surface area contributed by atoms with Crippen LogP contribution < -0.4 is 10.1 Å². The van der Waals surface area contributed by atoms with Gasteiger partial charge in [0.05, 0.1) is 19.4 Å². The zero-order valence-corrected chi connectivity index (χ0v) is 15.1. The van der Waals surface area contributed by atoms with Crippen LogP contribution in [-0.2, 0) is 11.3 Å². The first-order valence-corrected chi connectivity index (χ1v) is 8.58. The van der Waals surface area contributed by atoms with Crippen molar-refractivity contribution in [2.45, 2.75) is 6.61 Å². The predicted octanol–water partition coefficient (Wildman–Crippen LogP) is 4.99. The summed E-state index contributed by atoms with van der Waals surface area (Å²) in [6.07, 6.45) is 0. The lowest BCUT2D eigenvalue weighted by Gasteiger charge is -2.11. The monoisotopic (exact) mass is 361 g/mol. The van der Waals surface area contributed by atoms with Crippen molar-refractivity contribution in [2.24, 2.45) is 0 Å². The second-order valence-electron chi connectivity index (χ2n) is 6.23. The molecule has 5 heteroatoms. The first-order chi connectivity index (χ1) is 13.2. The molecule has 0 saturated heterocycles. The van der Waals surface area contributed by atoms with E-state index in [1.165, 1.54) is 0 Å². The maximum atomic E-state index is 12.7. The van der Waals surface area contributed by atoms with Gasteiger partial charge in [0.1, 0.15) is 16.9 Å². The number of hydrogen-bond acceptors (Lipinski definition) is 4. The van der Waals surface area contributed by atoms with E-state index in [1.807, 2.05) is 48.5 Å². The van der Waals surface area contributed by atoms with Crippen LogP contribution in [0.4, 0.5) is 5.69 Å². The Hall–Kier alpha value is -3.31. The molecule has 0 saturated carbocycles. The fourth-order valence-electron chi connectivity index (χ4n) is 3.18. The van der Waals surface area contributed by atoms with Gasteiger partial charge in [-0.05, 0) is 29.8 Å². The Balaban J connectivity index is 1.71. The molecule has 0 aliphatic rings. The molecule has 4 rings (SSSR count). The molecule has 1 amide bonds. The van der Waals surface area contributed by atoms with E-state index >= 15 is 0 Å². The summed E-state index contributed by atoms with van der Waals surface area (Å²) in [5.41, 5.74) is 3.54. The smallest absolute Gasteiger partial charge is 0.255 e. The summed E-state index contributed by atoms with van der Waals surface area (Å²) in [5.74, 6) is 0.358. The van der Waals surface area contributed by atoms with Crippen LogP contribution in [0.5, 0.6) is 5.75 Å². The highest BCUT2D eigenvalue weighted by Gasteiger charge is 2.15. The molecule has 1 N–H and O–H groups in total. The van der Waals surface area contributed by atoms with Crippen LogP contribution in [0.25, 0.3) is 21.9 Å². The van der Waals surface area contributed by atoms with Crippen LogP contribution in [-0.4, -0.2) is 20.1 Å². The third-order valence-electron chi connectivity index (χ3n) is 4.45. The largest absolute Gasteiger partial charge is 0.495 e.